The lowest BCUT2D eigenvalue weighted by Crippen LogP contribution is -2.44. The van der Waals surface area contributed by atoms with Crippen LogP contribution in [0.3, 0.4) is 0 Å². The van der Waals surface area contributed by atoms with E-state index in [0.717, 1.165) is 26.2 Å². The van der Waals surface area contributed by atoms with E-state index in [9.17, 15) is 9.18 Å². The Labute approximate surface area is 110 Å². The van der Waals surface area contributed by atoms with Crippen LogP contribution in [0.25, 0.3) is 0 Å². The molecule has 7 heteroatoms. The number of nitrogens with zero attached hydrogens (tertiary/aromatic N) is 2. The zero-order valence-electron chi connectivity index (χ0n) is 10.8. The Hall–Kier alpha value is -1.73. The lowest BCUT2D eigenvalue weighted by atomic mass is 10.2. The molecule has 19 heavy (non-hydrogen) atoms. The first-order valence-electron chi connectivity index (χ1n) is 6.26. The third-order valence-electron chi connectivity index (χ3n) is 2.83. The Bertz CT molecular complexity index is 449. The van der Waals surface area contributed by atoms with Gasteiger partial charge in [0.15, 0.2) is 0 Å². The quantitative estimate of drug-likeness (QED) is 0.608. The summed E-state index contributed by atoms with van der Waals surface area (Å²) in [6.45, 7) is 5.15. The third kappa shape index (κ3) is 3.39. The highest BCUT2D eigenvalue weighted by atomic mass is 19.1. The van der Waals surface area contributed by atoms with Crippen LogP contribution in [0.5, 0.6) is 0 Å². The molecular weight excluding hydrogens is 251 g/mol. The number of piperazine rings is 1. The number of hydroxylamine groups is 1. The van der Waals surface area contributed by atoms with E-state index in [1.165, 1.54) is 6.07 Å². The number of halogens is 1. The van der Waals surface area contributed by atoms with Gasteiger partial charge in [0, 0.05) is 26.2 Å². The highest BCUT2D eigenvalue weighted by Crippen LogP contribution is 2.18. The van der Waals surface area contributed by atoms with E-state index in [2.05, 4.69) is 15.8 Å². The van der Waals surface area contributed by atoms with Crippen LogP contribution in [0.2, 0.25) is 0 Å². The van der Waals surface area contributed by atoms with Gasteiger partial charge in [-0.25, -0.2) is 10.5 Å². The van der Waals surface area contributed by atoms with Crippen molar-refractivity contribution in [3.05, 3.63) is 23.8 Å². The number of aromatic nitrogens is 1. The molecule has 1 aromatic heterocycles. The fourth-order valence-electron chi connectivity index (χ4n) is 1.89. The van der Waals surface area contributed by atoms with Gasteiger partial charge in [-0.05, 0) is 19.1 Å². The first kappa shape index (κ1) is 13.7. The van der Waals surface area contributed by atoms with Crippen molar-refractivity contribution < 1.29 is 14.0 Å². The van der Waals surface area contributed by atoms with Crippen LogP contribution >= 0.6 is 0 Å². The molecule has 1 fully saturated rings. The molecule has 1 aliphatic rings. The minimum absolute atomic E-state index is 0.00448. The third-order valence-corrected chi connectivity index (χ3v) is 2.83. The summed E-state index contributed by atoms with van der Waals surface area (Å²) in [7, 11) is 0. The molecule has 0 bridgehead atoms. The van der Waals surface area contributed by atoms with E-state index in [1.807, 2.05) is 4.90 Å². The molecule has 0 radical (unpaired) electrons. The molecule has 2 heterocycles. The number of anilines is 1. The fourth-order valence-corrected chi connectivity index (χ4v) is 1.89. The molecule has 0 aromatic carbocycles. The molecule has 0 spiro atoms. The summed E-state index contributed by atoms with van der Waals surface area (Å²) in [5.41, 5.74) is 2.61. The Morgan fingerprint density at radius 3 is 2.89 bits per heavy atom. The Morgan fingerprint density at radius 2 is 2.26 bits per heavy atom. The Balaban J connectivity index is 2.10. The standard InChI is InChI=1S/C12H17FN4O2/c1-2-19-16-12(18)9-3-4-10(11(13)15-9)17-7-5-14-6-8-17/h3-4,14H,2,5-8H2,1H3,(H,16,18). The molecular formula is C12H17FN4O2. The Kier molecular flexibility index (Phi) is 4.64. The maximum atomic E-state index is 13.9. The first-order chi connectivity index (χ1) is 9.22. The highest BCUT2D eigenvalue weighted by Gasteiger charge is 2.17. The molecule has 1 aliphatic heterocycles. The SMILES string of the molecule is CCONC(=O)c1ccc(N2CCNCC2)c(F)n1. The molecule has 2 N–H and O–H groups in total. The number of hydrogen-bond donors (Lipinski definition) is 2. The van der Waals surface area contributed by atoms with Crippen LogP contribution in [0.1, 0.15) is 17.4 Å². The van der Waals surface area contributed by atoms with E-state index in [1.54, 1.807) is 13.0 Å². The number of nitrogens with one attached hydrogen (secondary N) is 2. The summed E-state index contributed by atoms with van der Waals surface area (Å²) in [6, 6.07) is 3.07. The van der Waals surface area contributed by atoms with Gasteiger partial charge in [0.05, 0.1) is 12.3 Å². The lowest BCUT2D eigenvalue weighted by Gasteiger charge is -2.29. The molecule has 1 saturated heterocycles. The van der Waals surface area contributed by atoms with Gasteiger partial charge >= 0.3 is 0 Å². The van der Waals surface area contributed by atoms with Crippen LogP contribution in [0.4, 0.5) is 10.1 Å². The van der Waals surface area contributed by atoms with Gasteiger partial charge in [0.25, 0.3) is 5.91 Å². The fraction of sp³-hybridized carbons (Fsp3) is 0.500. The van der Waals surface area contributed by atoms with Gasteiger partial charge in [0.2, 0.25) is 5.95 Å². The first-order valence-corrected chi connectivity index (χ1v) is 6.26. The topological polar surface area (TPSA) is 66.5 Å². The van der Waals surface area contributed by atoms with Crippen molar-refractivity contribution in [2.45, 2.75) is 6.92 Å². The summed E-state index contributed by atoms with van der Waals surface area (Å²) >= 11 is 0. The summed E-state index contributed by atoms with van der Waals surface area (Å²) in [6.07, 6.45) is 0. The molecule has 0 atom stereocenters. The summed E-state index contributed by atoms with van der Waals surface area (Å²) in [5, 5.41) is 3.19. The average Bonchev–Trinajstić information content (AvgIpc) is 2.45. The highest BCUT2D eigenvalue weighted by molar-refractivity contribution is 5.91. The van der Waals surface area contributed by atoms with Crippen LogP contribution in [0, 0.1) is 5.95 Å². The van der Waals surface area contributed by atoms with E-state index in [0.29, 0.717) is 12.3 Å². The van der Waals surface area contributed by atoms with Gasteiger partial charge < -0.3 is 10.2 Å². The van der Waals surface area contributed by atoms with Gasteiger partial charge in [-0.2, -0.15) is 4.39 Å². The van der Waals surface area contributed by atoms with Gasteiger partial charge in [-0.1, -0.05) is 0 Å². The van der Waals surface area contributed by atoms with E-state index in [-0.39, 0.29) is 5.69 Å². The molecule has 0 unspecified atom stereocenters. The maximum Gasteiger partial charge on any atom is 0.293 e. The zero-order chi connectivity index (χ0) is 13.7. The van der Waals surface area contributed by atoms with Crippen molar-refractivity contribution in [3.8, 4) is 0 Å². The van der Waals surface area contributed by atoms with Crippen LogP contribution < -0.4 is 15.7 Å². The maximum absolute atomic E-state index is 13.9. The number of carbonyl (C=O) groups excluding carboxylic acids is 1. The average molecular weight is 268 g/mol. The number of rotatable bonds is 4. The largest absolute Gasteiger partial charge is 0.365 e. The van der Waals surface area contributed by atoms with Gasteiger partial charge in [-0.15, -0.1) is 0 Å². The number of carbonyl (C=O) groups is 1. The van der Waals surface area contributed by atoms with Crippen LogP contribution in [-0.2, 0) is 4.84 Å². The molecule has 0 aliphatic carbocycles. The van der Waals surface area contributed by atoms with Crippen molar-refractivity contribution in [3.63, 3.8) is 0 Å². The number of hydrogen-bond acceptors (Lipinski definition) is 5. The minimum Gasteiger partial charge on any atom is -0.365 e. The zero-order valence-corrected chi connectivity index (χ0v) is 10.8. The molecule has 1 amide bonds. The van der Waals surface area contributed by atoms with Crippen molar-refractivity contribution in [1.29, 1.82) is 0 Å². The van der Waals surface area contributed by atoms with Crippen molar-refractivity contribution in [2.24, 2.45) is 0 Å². The van der Waals surface area contributed by atoms with Crippen LogP contribution in [0.15, 0.2) is 12.1 Å². The number of amides is 1. The molecule has 104 valence electrons. The number of pyridine rings is 1. The van der Waals surface area contributed by atoms with E-state index in [4.69, 9.17) is 4.84 Å². The normalized spacial score (nSPS) is 15.4. The second-order valence-electron chi connectivity index (χ2n) is 4.11. The second kappa shape index (κ2) is 6.44. The summed E-state index contributed by atoms with van der Waals surface area (Å²) in [5.74, 6) is -1.18. The molecule has 6 nitrogen and oxygen atoms in total. The van der Waals surface area contributed by atoms with Gasteiger partial charge in [0.1, 0.15) is 5.69 Å². The monoisotopic (exact) mass is 268 g/mol. The smallest absolute Gasteiger partial charge is 0.293 e. The van der Waals surface area contributed by atoms with Crippen LogP contribution in [-0.4, -0.2) is 43.7 Å². The van der Waals surface area contributed by atoms with E-state index >= 15 is 0 Å². The second-order valence-corrected chi connectivity index (χ2v) is 4.11. The predicted molar refractivity (Wildman–Crippen MR) is 68.4 cm³/mol. The predicted octanol–water partition coefficient (Wildman–Crippen LogP) is 0.312. The lowest BCUT2D eigenvalue weighted by molar-refractivity contribution is 0.0359. The minimum atomic E-state index is -0.633. The molecule has 0 saturated carbocycles. The van der Waals surface area contributed by atoms with E-state index < -0.39 is 11.9 Å². The van der Waals surface area contributed by atoms with Gasteiger partial charge in [-0.3, -0.25) is 9.63 Å². The summed E-state index contributed by atoms with van der Waals surface area (Å²) in [4.78, 5) is 21.9. The molecule has 1 aromatic rings. The van der Waals surface area contributed by atoms with Crippen molar-refractivity contribution >= 4 is 11.6 Å². The van der Waals surface area contributed by atoms with Crippen molar-refractivity contribution in [2.75, 3.05) is 37.7 Å². The Morgan fingerprint density at radius 1 is 1.53 bits per heavy atom. The molecule has 2 rings (SSSR count). The van der Waals surface area contributed by atoms with Crippen molar-refractivity contribution in [1.82, 2.24) is 15.8 Å². The summed E-state index contributed by atoms with van der Waals surface area (Å²) < 4.78 is 13.9.